The maximum atomic E-state index is 11.7. The lowest BCUT2D eigenvalue weighted by atomic mass is 9.83. The zero-order valence-corrected chi connectivity index (χ0v) is 13.7. The number of hydrogen-bond donors (Lipinski definition) is 1. The zero-order valence-electron chi connectivity index (χ0n) is 13.7. The van der Waals surface area contributed by atoms with Gasteiger partial charge in [-0.15, -0.1) is 0 Å². The summed E-state index contributed by atoms with van der Waals surface area (Å²) in [5.41, 5.74) is 2.95. The van der Waals surface area contributed by atoms with E-state index in [9.17, 15) is 4.79 Å². The van der Waals surface area contributed by atoms with Crippen LogP contribution in [0.4, 0.5) is 0 Å². The summed E-state index contributed by atoms with van der Waals surface area (Å²) in [4.78, 5) is 11.7. The molecule has 0 spiro atoms. The molecular formula is C17H26O4. The van der Waals surface area contributed by atoms with E-state index in [-0.39, 0.29) is 31.0 Å². The van der Waals surface area contributed by atoms with Crippen molar-refractivity contribution < 1.29 is 19.4 Å². The van der Waals surface area contributed by atoms with Crippen molar-refractivity contribution in [1.29, 1.82) is 0 Å². The molecule has 0 aliphatic heterocycles. The van der Waals surface area contributed by atoms with Crippen LogP contribution in [0.5, 0.6) is 5.75 Å². The minimum atomic E-state index is -0.326. The molecule has 0 aliphatic rings. The number of rotatable bonds is 6. The van der Waals surface area contributed by atoms with Crippen LogP contribution in [0.15, 0.2) is 12.1 Å². The van der Waals surface area contributed by atoms with E-state index in [2.05, 4.69) is 20.8 Å². The highest BCUT2D eigenvalue weighted by Gasteiger charge is 2.22. The lowest BCUT2D eigenvalue weighted by Crippen LogP contribution is -2.16. The highest BCUT2D eigenvalue weighted by Crippen LogP contribution is 2.35. The lowest BCUT2D eigenvalue weighted by molar-refractivity contribution is -0.143. The summed E-state index contributed by atoms with van der Waals surface area (Å²) in [5.74, 6) is 0.574. The van der Waals surface area contributed by atoms with Gasteiger partial charge in [-0.05, 0) is 30.4 Å². The maximum Gasteiger partial charge on any atom is 0.310 e. The highest BCUT2D eigenvalue weighted by atomic mass is 16.5. The Morgan fingerprint density at radius 1 is 1.29 bits per heavy atom. The van der Waals surface area contributed by atoms with Crippen molar-refractivity contribution in [3.05, 3.63) is 28.8 Å². The monoisotopic (exact) mass is 294 g/mol. The molecule has 21 heavy (non-hydrogen) atoms. The van der Waals surface area contributed by atoms with Crippen LogP contribution >= 0.6 is 0 Å². The number of aryl methyl sites for hydroxylation is 1. The van der Waals surface area contributed by atoms with E-state index in [0.717, 1.165) is 22.4 Å². The van der Waals surface area contributed by atoms with Gasteiger partial charge in [0.05, 0.1) is 19.6 Å². The van der Waals surface area contributed by atoms with Crippen LogP contribution in [0.2, 0.25) is 0 Å². The topological polar surface area (TPSA) is 55.8 Å². The third kappa shape index (κ3) is 5.05. The number of esters is 1. The molecule has 0 aliphatic carbocycles. The van der Waals surface area contributed by atoms with Crippen LogP contribution in [0.3, 0.4) is 0 Å². The van der Waals surface area contributed by atoms with Crippen molar-refractivity contribution in [2.45, 2.75) is 46.5 Å². The fourth-order valence-corrected chi connectivity index (χ4v) is 2.22. The molecule has 4 heteroatoms. The van der Waals surface area contributed by atoms with Gasteiger partial charge < -0.3 is 14.6 Å². The minimum Gasteiger partial charge on any atom is -0.493 e. The number of ether oxygens (including phenoxy) is 2. The van der Waals surface area contributed by atoms with Gasteiger partial charge >= 0.3 is 5.97 Å². The standard InChI is InChI=1S/C17H26O4/c1-6-20-16-12(2)9-13(10-14(16)17(3,4)5)11-15(19)21-8-7-18/h9-10,18H,6-8,11H2,1-5H3. The number of benzene rings is 1. The number of aliphatic hydroxyl groups is 1. The lowest BCUT2D eigenvalue weighted by Gasteiger charge is -2.25. The summed E-state index contributed by atoms with van der Waals surface area (Å²) in [5, 5.41) is 8.68. The van der Waals surface area contributed by atoms with Crippen LogP contribution in [0.1, 0.15) is 44.4 Å². The first-order valence-corrected chi connectivity index (χ1v) is 7.32. The quantitative estimate of drug-likeness (QED) is 0.820. The number of hydrogen-bond acceptors (Lipinski definition) is 4. The number of aliphatic hydroxyl groups excluding tert-OH is 1. The van der Waals surface area contributed by atoms with E-state index < -0.39 is 0 Å². The van der Waals surface area contributed by atoms with E-state index in [4.69, 9.17) is 14.6 Å². The molecule has 0 fully saturated rings. The SMILES string of the molecule is CCOc1c(C)cc(CC(=O)OCCO)cc1C(C)(C)C. The predicted molar refractivity (Wildman–Crippen MR) is 82.8 cm³/mol. The van der Waals surface area contributed by atoms with E-state index in [1.807, 2.05) is 26.0 Å². The largest absolute Gasteiger partial charge is 0.493 e. The Balaban J connectivity index is 3.08. The molecule has 1 N–H and O–H groups in total. The Bertz CT molecular complexity index is 486. The van der Waals surface area contributed by atoms with Gasteiger partial charge in [-0.1, -0.05) is 32.9 Å². The average molecular weight is 294 g/mol. The third-order valence-electron chi connectivity index (χ3n) is 3.13. The van der Waals surface area contributed by atoms with Crippen LogP contribution < -0.4 is 4.74 Å². The van der Waals surface area contributed by atoms with Crippen LogP contribution in [0.25, 0.3) is 0 Å². The molecule has 0 saturated heterocycles. The summed E-state index contributed by atoms with van der Waals surface area (Å²) >= 11 is 0. The van der Waals surface area contributed by atoms with Crippen LogP contribution in [-0.2, 0) is 21.4 Å². The molecular weight excluding hydrogens is 268 g/mol. The molecule has 1 aromatic carbocycles. The summed E-state index contributed by atoms with van der Waals surface area (Å²) in [7, 11) is 0. The Labute approximate surface area is 127 Å². The number of carbonyl (C=O) groups excluding carboxylic acids is 1. The second kappa shape index (κ2) is 7.46. The molecule has 4 nitrogen and oxygen atoms in total. The predicted octanol–water partition coefficient (Wildman–Crippen LogP) is 2.77. The van der Waals surface area contributed by atoms with Crippen molar-refractivity contribution >= 4 is 5.97 Å². The van der Waals surface area contributed by atoms with E-state index >= 15 is 0 Å². The van der Waals surface area contributed by atoms with Gasteiger partial charge in [-0.3, -0.25) is 4.79 Å². The molecule has 0 atom stereocenters. The second-order valence-corrected chi connectivity index (χ2v) is 6.09. The molecule has 118 valence electrons. The Kier molecular flexibility index (Phi) is 6.21. The summed E-state index contributed by atoms with van der Waals surface area (Å²) < 4.78 is 10.7. The van der Waals surface area contributed by atoms with Crippen molar-refractivity contribution in [3.63, 3.8) is 0 Å². The second-order valence-electron chi connectivity index (χ2n) is 6.09. The fourth-order valence-electron chi connectivity index (χ4n) is 2.22. The molecule has 0 unspecified atom stereocenters. The molecule has 1 rings (SSSR count). The van der Waals surface area contributed by atoms with Gasteiger partial charge in [0.15, 0.2) is 0 Å². The van der Waals surface area contributed by atoms with Crippen molar-refractivity contribution in [2.75, 3.05) is 19.8 Å². The summed E-state index contributed by atoms with van der Waals surface area (Å²) in [6.45, 7) is 10.8. The van der Waals surface area contributed by atoms with Crippen molar-refractivity contribution in [2.24, 2.45) is 0 Å². The zero-order chi connectivity index (χ0) is 16.0. The van der Waals surface area contributed by atoms with Gasteiger partial charge in [0.1, 0.15) is 12.4 Å². The molecule has 0 heterocycles. The van der Waals surface area contributed by atoms with Crippen LogP contribution in [0, 0.1) is 6.92 Å². The smallest absolute Gasteiger partial charge is 0.310 e. The Morgan fingerprint density at radius 2 is 1.95 bits per heavy atom. The van der Waals surface area contributed by atoms with Gasteiger partial charge in [0.25, 0.3) is 0 Å². The molecule has 0 amide bonds. The highest BCUT2D eigenvalue weighted by molar-refractivity contribution is 5.73. The first kappa shape index (κ1) is 17.5. The Hall–Kier alpha value is -1.55. The van der Waals surface area contributed by atoms with Gasteiger partial charge in [0, 0.05) is 5.56 Å². The minimum absolute atomic E-state index is 0.0426. The average Bonchev–Trinajstić information content (AvgIpc) is 2.38. The van der Waals surface area contributed by atoms with E-state index in [0.29, 0.717) is 6.61 Å². The molecule has 0 aromatic heterocycles. The van der Waals surface area contributed by atoms with Gasteiger partial charge in [-0.2, -0.15) is 0 Å². The Morgan fingerprint density at radius 3 is 2.48 bits per heavy atom. The van der Waals surface area contributed by atoms with Crippen molar-refractivity contribution in [3.8, 4) is 5.75 Å². The molecule has 0 radical (unpaired) electrons. The fraction of sp³-hybridized carbons (Fsp3) is 0.588. The normalized spacial score (nSPS) is 11.3. The summed E-state index contributed by atoms with van der Waals surface area (Å²) in [6, 6.07) is 3.97. The van der Waals surface area contributed by atoms with Crippen LogP contribution in [-0.4, -0.2) is 30.9 Å². The van der Waals surface area contributed by atoms with E-state index in [1.165, 1.54) is 0 Å². The first-order chi connectivity index (χ1) is 9.79. The summed E-state index contributed by atoms with van der Waals surface area (Å²) in [6.07, 6.45) is 0.205. The molecule has 1 aromatic rings. The maximum absolute atomic E-state index is 11.7. The van der Waals surface area contributed by atoms with Gasteiger partial charge in [0.2, 0.25) is 0 Å². The van der Waals surface area contributed by atoms with Gasteiger partial charge in [-0.25, -0.2) is 0 Å². The number of carbonyl (C=O) groups is 1. The van der Waals surface area contributed by atoms with Crippen molar-refractivity contribution in [1.82, 2.24) is 0 Å². The van der Waals surface area contributed by atoms with E-state index in [1.54, 1.807) is 0 Å². The molecule has 0 bridgehead atoms. The first-order valence-electron chi connectivity index (χ1n) is 7.32. The third-order valence-corrected chi connectivity index (χ3v) is 3.13. The molecule has 0 saturated carbocycles.